The lowest BCUT2D eigenvalue weighted by Gasteiger charge is -2.26. The normalized spacial score (nSPS) is 18.1. The predicted octanol–water partition coefficient (Wildman–Crippen LogP) is 2.98. The van der Waals surface area contributed by atoms with Crippen molar-refractivity contribution in [1.29, 1.82) is 0 Å². The minimum atomic E-state index is -1.52. The molecular formula is C8H12Cl3NO2. The number of carbonyl (C=O) groups excluding carboxylic acids is 1. The van der Waals surface area contributed by atoms with Gasteiger partial charge in [-0.3, -0.25) is 0 Å². The van der Waals surface area contributed by atoms with Crippen molar-refractivity contribution in [3.05, 3.63) is 0 Å². The summed E-state index contributed by atoms with van der Waals surface area (Å²) in [6.07, 6.45) is 2.80. The van der Waals surface area contributed by atoms with E-state index in [1.54, 1.807) is 4.90 Å². The van der Waals surface area contributed by atoms with Gasteiger partial charge in [-0.1, -0.05) is 34.8 Å². The number of alkyl halides is 3. The number of rotatable bonds is 1. The highest BCUT2D eigenvalue weighted by Gasteiger charge is 2.24. The number of likely N-dealkylation sites (tertiary alicyclic amines) is 1. The Morgan fingerprint density at radius 2 is 1.79 bits per heavy atom. The van der Waals surface area contributed by atoms with Crippen molar-refractivity contribution >= 4 is 40.9 Å². The molecule has 1 amide bonds. The monoisotopic (exact) mass is 259 g/mol. The van der Waals surface area contributed by atoms with Gasteiger partial charge < -0.3 is 9.64 Å². The molecule has 1 fully saturated rings. The lowest BCUT2D eigenvalue weighted by atomic mass is 10.1. The van der Waals surface area contributed by atoms with Gasteiger partial charge in [0.15, 0.2) is 0 Å². The number of piperidine rings is 1. The molecule has 0 radical (unpaired) electrons. The predicted molar refractivity (Wildman–Crippen MR) is 57.1 cm³/mol. The molecule has 0 N–H and O–H groups in total. The fourth-order valence-electron chi connectivity index (χ4n) is 1.31. The van der Waals surface area contributed by atoms with E-state index in [-0.39, 0.29) is 6.61 Å². The van der Waals surface area contributed by atoms with Crippen LogP contribution in [0.15, 0.2) is 0 Å². The molecule has 1 aliphatic rings. The Kier molecular flexibility index (Phi) is 4.61. The largest absolute Gasteiger partial charge is 0.445 e. The van der Waals surface area contributed by atoms with Gasteiger partial charge >= 0.3 is 6.09 Å². The van der Waals surface area contributed by atoms with Crippen LogP contribution in [0.3, 0.4) is 0 Å². The summed E-state index contributed by atoms with van der Waals surface area (Å²) in [6, 6.07) is 0. The summed E-state index contributed by atoms with van der Waals surface area (Å²) in [6.45, 7) is 1.27. The minimum absolute atomic E-state index is 0.201. The molecule has 0 spiro atoms. The highest BCUT2D eigenvalue weighted by atomic mass is 35.6. The molecular weight excluding hydrogens is 248 g/mol. The third-order valence-electron chi connectivity index (χ3n) is 1.97. The van der Waals surface area contributed by atoms with Crippen molar-refractivity contribution in [2.75, 3.05) is 19.7 Å². The van der Waals surface area contributed by atoms with E-state index >= 15 is 0 Å². The topological polar surface area (TPSA) is 29.5 Å². The number of nitrogens with zero attached hydrogens (tertiary/aromatic N) is 1. The Labute approximate surface area is 98.2 Å². The Morgan fingerprint density at radius 1 is 1.21 bits per heavy atom. The zero-order valence-corrected chi connectivity index (χ0v) is 9.91. The van der Waals surface area contributed by atoms with E-state index in [9.17, 15) is 4.79 Å². The van der Waals surface area contributed by atoms with Crippen LogP contribution in [-0.2, 0) is 4.74 Å². The van der Waals surface area contributed by atoms with Crippen LogP contribution in [0.2, 0.25) is 0 Å². The van der Waals surface area contributed by atoms with Crippen molar-refractivity contribution in [1.82, 2.24) is 4.90 Å². The molecule has 0 aliphatic carbocycles. The van der Waals surface area contributed by atoms with Gasteiger partial charge in [-0.2, -0.15) is 0 Å². The standard InChI is InChI=1S/C8H12Cl3NO2/c9-8(10,11)6-14-7(13)12-4-2-1-3-5-12/h1-6H2. The molecule has 0 aromatic heterocycles. The van der Waals surface area contributed by atoms with E-state index in [2.05, 4.69) is 0 Å². The Hall–Kier alpha value is 0.140. The van der Waals surface area contributed by atoms with Crippen molar-refractivity contribution in [3.8, 4) is 0 Å². The molecule has 6 heteroatoms. The number of carbonyl (C=O) groups is 1. The molecule has 0 saturated carbocycles. The first-order chi connectivity index (χ1) is 6.49. The van der Waals surface area contributed by atoms with E-state index < -0.39 is 9.89 Å². The van der Waals surface area contributed by atoms with Gasteiger partial charge in [0.2, 0.25) is 3.79 Å². The molecule has 1 rings (SSSR count). The van der Waals surface area contributed by atoms with Gasteiger partial charge in [-0.05, 0) is 19.3 Å². The van der Waals surface area contributed by atoms with Gasteiger partial charge in [-0.15, -0.1) is 0 Å². The Morgan fingerprint density at radius 3 is 2.29 bits per heavy atom. The fraction of sp³-hybridized carbons (Fsp3) is 0.875. The first kappa shape index (κ1) is 12.2. The highest BCUT2D eigenvalue weighted by molar-refractivity contribution is 6.67. The van der Waals surface area contributed by atoms with Gasteiger partial charge in [0, 0.05) is 13.1 Å². The number of hydrogen-bond donors (Lipinski definition) is 0. The van der Waals surface area contributed by atoms with Crippen molar-refractivity contribution in [2.24, 2.45) is 0 Å². The molecule has 1 aliphatic heterocycles. The minimum Gasteiger partial charge on any atom is -0.445 e. The Bertz CT molecular complexity index is 199. The van der Waals surface area contributed by atoms with Gasteiger partial charge in [0.05, 0.1) is 0 Å². The van der Waals surface area contributed by atoms with Crippen LogP contribution in [0.5, 0.6) is 0 Å². The van der Waals surface area contributed by atoms with E-state index in [4.69, 9.17) is 39.5 Å². The van der Waals surface area contributed by atoms with E-state index in [0.717, 1.165) is 32.4 Å². The SMILES string of the molecule is O=C(OCC(Cl)(Cl)Cl)N1CCCCC1. The first-order valence-corrected chi connectivity index (χ1v) is 5.61. The van der Waals surface area contributed by atoms with Crippen LogP contribution in [0.4, 0.5) is 4.79 Å². The van der Waals surface area contributed by atoms with Crippen LogP contribution in [0, 0.1) is 0 Å². The van der Waals surface area contributed by atoms with Crippen LogP contribution in [0.25, 0.3) is 0 Å². The smallest absolute Gasteiger partial charge is 0.409 e. The summed E-state index contributed by atoms with van der Waals surface area (Å²) in [5.41, 5.74) is 0. The molecule has 0 aromatic rings. The van der Waals surface area contributed by atoms with Gasteiger partial charge in [0.1, 0.15) is 6.61 Å². The summed E-state index contributed by atoms with van der Waals surface area (Å²) >= 11 is 16.4. The van der Waals surface area contributed by atoms with Gasteiger partial charge in [0.25, 0.3) is 0 Å². The zero-order chi connectivity index (χ0) is 10.6. The molecule has 3 nitrogen and oxygen atoms in total. The molecule has 0 unspecified atom stereocenters. The van der Waals surface area contributed by atoms with E-state index in [0.29, 0.717) is 0 Å². The number of hydrogen-bond acceptors (Lipinski definition) is 2. The van der Waals surface area contributed by atoms with Crippen molar-refractivity contribution in [3.63, 3.8) is 0 Å². The molecule has 82 valence electrons. The molecule has 0 aromatic carbocycles. The molecule has 1 heterocycles. The van der Waals surface area contributed by atoms with Crippen molar-refractivity contribution in [2.45, 2.75) is 23.1 Å². The summed E-state index contributed by atoms with van der Waals surface area (Å²) in [7, 11) is 0. The second-order valence-corrected chi connectivity index (χ2v) is 5.73. The number of halogens is 3. The summed E-state index contributed by atoms with van der Waals surface area (Å²) < 4.78 is 3.31. The Balaban J connectivity index is 2.27. The third kappa shape index (κ3) is 4.58. The average molecular weight is 261 g/mol. The average Bonchev–Trinajstić information content (AvgIpc) is 2.14. The first-order valence-electron chi connectivity index (χ1n) is 4.47. The van der Waals surface area contributed by atoms with Crippen LogP contribution < -0.4 is 0 Å². The number of amides is 1. The lowest BCUT2D eigenvalue weighted by molar-refractivity contribution is 0.0968. The highest BCUT2D eigenvalue weighted by Crippen LogP contribution is 2.26. The second-order valence-electron chi connectivity index (χ2n) is 3.22. The lowest BCUT2D eigenvalue weighted by Crippen LogP contribution is -2.37. The van der Waals surface area contributed by atoms with Crippen LogP contribution in [-0.4, -0.2) is 34.5 Å². The quantitative estimate of drug-likeness (QED) is 0.678. The van der Waals surface area contributed by atoms with Gasteiger partial charge in [-0.25, -0.2) is 4.79 Å². The molecule has 14 heavy (non-hydrogen) atoms. The van der Waals surface area contributed by atoms with E-state index in [1.165, 1.54) is 0 Å². The zero-order valence-electron chi connectivity index (χ0n) is 7.64. The summed E-state index contributed by atoms with van der Waals surface area (Å²) in [5.74, 6) is 0. The maximum atomic E-state index is 11.4. The maximum Gasteiger partial charge on any atom is 0.409 e. The van der Waals surface area contributed by atoms with E-state index in [1.807, 2.05) is 0 Å². The molecule has 0 bridgehead atoms. The van der Waals surface area contributed by atoms with Crippen molar-refractivity contribution < 1.29 is 9.53 Å². The number of ether oxygens (including phenoxy) is 1. The van der Waals surface area contributed by atoms with Crippen LogP contribution in [0.1, 0.15) is 19.3 Å². The third-order valence-corrected chi connectivity index (χ3v) is 2.30. The summed E-state index contributed by atoms with van der Waals surface area (Å²) in [5, 5.41) is 0. The summed E-state index contributed by atoms with van der Waals surface area (Å²) in [4.78, 5) is 13.0. The van der Waals surface area contributed by atoms with Crippen LogP contribution >= 0.6 is 34.8 Å². The maximum absolute atomic E-state index is 11.4. The molecule has 1 saturated heterocycles. The molecule has 0 atom stereocenters. The fourth-order valence-corrected chi connectivity index (χ4v) is 1.48. The second kappa shape index (κ2) is 5.29.